The zero-order valence-corrected chi connectivity index (χ0v) is 17.5. The largest absolute Gasteiger partial charge is 0.297 e. The zero-order chi connectivity index (χ0) is 19.9. The molecule has 5 nitrogen and oxygen atoms in total. The highest BCUT2D eigenvalue weighted by molar-refractivity contribution is 6.43. The van der Waals surface area contributed by atoms with Crippen LogP contribution in [0.25, 0.3) is 0 Å². The Hall–Kier alpha value is -1.63. The Balaban J connectivity index is 1.40. The van der Waals surface area contributed by atoms with Gasteiger partial charge < -0.3 is 0 Å². The van der Waals surface area contributed by atoms with Crippen molar-refractivity contribution in [3.05, 3.63) is 68.7 Å². The lowest BCUT2D eigenvalue weighted by Crippen LogP contribution is -2.48. The molecule has 148 valence electrons. The van der Waals surface area contributed by atoms with Crippen LogP contribution in [0.2, 0.25) is 15.1 Å². The van der Waals surface area contributed by atoms with Crippen LogP contribution >= 0.6 is 34.8 Å². The topological polar surface area (TPSA) is 47.9 Å². The van der Waals surface area contributed by atoms with Crippen molar-refractivity contribution in [3.63, 3.8) is 0 Å². The third kappa shape index (κ3) is 6.19. The lowest BCUT2D eigenvalue weighted by atomic mass is 10.2. The highest BCUT2D eigenvalue weighted by Crippen LogP contribution is 2.24. The first-order valence-corrected chi connectivity index (χ1v) is 10.1. The van der Waals surface area contributed by atoms with E-state index >= 15 is 0 Å². The number of halogens is 3. The fourth-order valence-corrected chi connectivity index (χ4v) is 3.47. The second-order valence-electron chi connectivity index (χ2n) is 6.61. The van der Waals surface area contributed by atoms with E-state index in [1.165, 1.54) is 11.8 Å². The molecule has 2 aromatic rings. The molecule has 1 fully saturated rings. The second-order valence-corrected chi connectivity index (χ2v) is 7.84. The molecule has 0 bridgehead atoms. The lowest BCUT2D eigenvalue weighted by molar-refractivity contribution is -0.122. The Morgan fingerprint density at radius 2 is 1.68 bits per heavy atom. The summed E-state index contributed by atoms with van der Waals surface area (Å²) in [5.74, 6) is -0.152. The molecule has 3 rings (SSSR count). The first kappa shape index (κ1) is 21.1. The first-order valence-electron chi connectivity index (χ1n) is 8.96. The summed E-state index contributed by atoms with van der Waals surface area (Å²) in [5.41, 5.74) is 4.44. The summed E-state index contributed by atoms with van der Waals surface area (Å²) < 4.78 is 0. The molecule has 0 unspecified atom stereocenters. The fourth-order valence-electron chi connectivity index (χ4n) is 2.99. The summed E-state index contributed by atoms with van der Waals surface area (Å²) in [4.78, 5) is 16.6. The summed E-state index contributed by atoms with van der Waals surface area (Å²) >= 11 is 18.0. The number of carbonyl (C=O) groups is 1. The van der Waals surface area contributed by atoms with Crippen LogP contribution in [0.5, 0.6) is 0 Å². The maximum atomic E-state index is 12.1. The van der Waals surface area contributed by atoms with E-state index in [9.17, 15) is 4.79 Å². The maximum absolute atomic E-state index is 12.1. The zero-order valence-electron chi connectivity index (χ0n) is 15.2. The Morgan fingerprint density at radius 1 is 1.00 bits per heavy atom. The van der Waals surface area contributed by atoms with E-state index in [1.54, 1.807) is 18.2 Å². The highest BCUT2D eigenvalue weighted by atomic mass is 35.5. The number of hydrazone groups is 1. The van der Waals surface area contributed by atoms with Crippen molar-refractivity contribution in [1.82, 2.24) is 15.2 Å². The molecule has 1 aliphatic rings. The molecule has 1 heterocycles. The van der Waals surface area contributed by atoms with Gasteiger partial charge in [-0.15, -0.1) is 0 Å². The van der Waals surface area contributed by atoms with Crippen molar-refractivity contribution in [1.29, 1.82) is 0 Å². The second kappa shape index (κ2) is 10.2. The predicted octanol–water partition coefficient (Wildman–Crippen LogP) is 3.91. The number of amides is 1. The molecule has 0 radical (unpaired) electrons. The summed E-state index contributed by atoms with van der Waals surface area (Å²) in [6.07, 6.45) is 1.50. The summed E-state index contributed by atoms with van der Waals surface area (Å²) in [6.45, 7) is 4.71. The smallest absolute Gasteiger partial charge is 0.254 e. The molecule has 0 aromatic heterocycles. The fraction of sp³-hybridized carbons (Fsp3) is 0.300. The molecule has 1 N–H and O–H groups in total. The Kier molecular flexibility index (Phi) is 7.71. The van der Waals surface area contributed by atoms with Crippen LogP contribution in [0.15, 0.2) is 47.6 Å². The van der Waals surface area contributed by atoms with Gasteiger partial charge in [-0.1, -0.05) is 59.1 Å². The number of benzene rings is 2. The van der Waals surface area contributed by atoms with Gasteiger partial charge in [0.25, 0.3) is 5.91 Å². The average molecular weight is 440 g/mol. The van der Waals surface area contributed by atoms with Crippen LogP contribution < -0.4 is 5.43 Å². The van der Waals surface area contributed by atoms with E-state index in [1.807, 2.05) is 24.3 Å². The minimum Gasteiger partial charge on any atom is -0.297 e. The molecule has 0 saturated carbocycles. The number of rotatable bonds is 6. The standard InChI is InChI=1S/C20H21Cl3N4O/c21-17-6-4-15(5-7-17)13-26-8-10-27(11-9-26)14-19(28)25-24-12-16-2-1-3-18(22)20(16)23/h1-7,12H,8-11,13-14H2,(H,25,28)/b24-12-. The molecule has 1 saturated heterocycles. The quantitative estimate of drug-likeness (QED) is 0.548. The number of nitrogens with one attached hydrogen (secondary N) is 1. The van der Waals surface area contributed by atoms with Gasteiger partial charge in [-0.25, -0.2) is 5.43 Å². The number of carbonyl (C=O) groups excluding carboxylic acids is 1. The van der Waals surface area contributed by atoms with Gasteiger partial charge in [-0.2, -0.15) is 5.10 Å². The molecular formula is C20H21Cl3N4O. The number of nitrogens with zero attached hydrogens (tertiary/aromatic N) is 3. The molecule has 28 heavy (non-hydrogen) atoms. The van der Waals surface area contributed by atoms with E-state index in [0.717, 1.165) is 37.7 Å². The molecule has 0 spiro atoms. The van der Waals surface area contributed by atoms with E-state index in [-0.39, 0.29) is 5.91 Å². The number of hydrogen-bond donors (Lipinski definition) is 1. The summed E-state index contributed by atoms with van der Waals surface area (Å²) in [5, 5.41) is 5.59. The summed E-state index contributed by atoms with van der Waals surface area (Å²) in [7, 11) is 0. The molecule has 0 aliphatic carbocycles. The van der Waals surface area contributed by atoms with Crippen molar-refractivity contribution in [2.45, 2.75) is 6.54 Å². The van der Waals surface area contributed by atoms with E-state index < -0.39 is 0 Å². The molecule has 0 atom stereocenters. The van der Waals surface area contributed by atoms with Crippen molar-refractivity contribution in [3.8, 4) is 0 Å². The Labute approximate surface area is 179 Å². The third-order valence-corrected chi connectivity index (χ3v) is 5.61. The normalized spacial score (nSPS) is 15.8. The van der Waals surface area contributed by atoms with Crippen LogP contribution in [0, 0.1) is 0 Å². The van der Waals surface area contributed by atoms with Gasteiger partial charge in [-0.05, 0) is 23.8 Å². The van der Waals surface area contributed by atoms with E-state index in [4.69, 9.17) is 34.8 Å². The third-order valence-electron chi connectivity index (χ3n) is 4.53. The predicted molar refractivity (Wildman–Crippen MR) is 115 cm³/mol. The van der Waals surface area contributed by atoms with Crippen LogP contribution in [-0.4, -0.2) is 54.6 Å². The van der Waals surface area contributed by atoms with Crippen molar-refractivity contribution >= 4 is 46.9 Å². The van der Waals surface area contributed by atoms with Gasteiger partial charge in [0.1, 0.15) is 0 Å². The van der Waals surface area contributed by atoms with Crippen LogP contribution in [0.1, 0.15) is 11.1 Å². The minimum atomic E-state index is -0.152. The SMILES string of the molecule is O=C(CN1CCN(Cc2ccc(Cl)cc2)CC1)N/N=C\c1cccc(Cl)c1Cl. The number of piperazine rings is 1. The molecule has 2 aromatic carbocycles. The molecule has 8 heteroatoms. The molecule has 1 aliphatic heterocycles. The maximum Gasteiger partial charge on any atom is 0.254 e. The average Bonchev–Trinajstić information content (AvgIpc) is 2.68. The van der Waals surface area contributed by atoms with Gasteiger partial charge in [0.2, 0.25) is 0 Å². The summed E-state index contributed by atoms with van der Waals surface area (Å²) in [6, 6.07) is 13.2. The van der Waals surface area contributed by atoms with Crippen molar-refractivity contribution in [2.75, 3.05) is 32.7 Å². The van der Waals surface area contributed by atoms with Crippen LogP contribution in [0.3, 0.4) is 0 Å². The lowest BCUT2D eigenvalue weighted by Gasteiger charge is -2.34. The monoisotopic (exact) mass is 438 g/mol. The molecule has 1 amide bonds. The molecular weight excluding hydrogens is 419 g/mol. The van der Waals surface area contributed by atoms with E-state index in [2.05, 4.69) is 20.3 Å². The van der Waals surface area contributed by atoms with Gasteiger partial charge in [-0.3, -0.25) is 14.6 Å². The first-order chi connectivity index (χ1) is 13.5. The Bertz CT molecular complexity index is 834. The van der Waals surface area contributed by atoms with E-state index in [0.29, 0.717) is 22.2 Å². The van der Waals surface area contributed by atoms with Gasteiger partial charge >= 0.3 is 0 Å². The van der Waals surface area contributed by atoms with Crippen LogP contribution in [-0.2, 0) is 11.3 Å². The van der Waals surface area contributed by atoms with Crippen molar-refractivity contribution < 1.29 is 4.79 Å². The minimum absolute atomic E-state index is 0.152. The van der Waals surface area contributed by atoms with Crippen LogP contribution in [0.4, 0.5) is 0 Å². The van der Waals surface area contributed by atoms with Gasteiger partial charge in [0, 0.05) is 43.3 Å². The highest BCUT2D eigenvalue weighted by Gasteiger charge is 2.18. The Morgan fingerprint density at radius 3 is 2.39 bits per heavy atom. The van der Waals surface area contributed by atoms with Gasteiger partial charge in [0.05, 0.1) is 22.8 Å². The van der Waals surface area contributed by atoms with Crippen molar-refractivity contribution in [2.24, 2.45) is 5.10 Å². The number of hydrogen-bond acceptors (Lipinski definition) is 4. The van der Waals surface area contributed by atoms with Gasteiger partial charge in [0.15, 0.2) is 0 Å².